The molecule has 0 bridgehead atoms. The SMILES string of the molecule is O=C(c1cccc(C(=O)N2CCC(Cc3ccccc3)CC2)c1)N1CCC(Cc2ccccc2)CC1. The highest BCUT2D eigenvalue weighted by molar-refractivity contribution is 5.99. The van der Waals surface area contributed by atoms with Gasteiger partial charge in [-0.1, -0.05) is 66.7 Å². The van der Waals surface area contributed by atoms with Crippen LogP contribution in [0.15, 0.2) is 84.9 Å². The molecule has 0 aromatic heterocycles. The van der Waals surface area contributed by atoms with Crippen LogP contribution in [0.2, 0.25) is 0 Å². The fourth-order valence-corrected chi connectivity index (χ4v) is 5.73. The van der Waals surface area contributed by atoms with E-state index < -0.39 is 0 Å². The second-order valence-electron chi connectivity index (χ2n) is 10.4. The van der Waals surface area contributed by atoms with E-state index in [9.17, 15) is 9.59 Å². The third-order valence-electron chi connectivity index (χ3n) is 7.89. The van der Waals surface area contributed by atoms with Crippen molar-refractivity contribution >= 4 is 11.8 Å². The van der Waals surface area contributed by atoms with Gasteiger partial charge in [0.1, 0.15) is 0 Å². The van der Waals surface area contributed by atoms with Crippen LogP contribution >= 0.6 is 0 Å². The van der Waals surface area contributed by atoms with E-state index in [0.29, 0.717) is 23.0 Å². The fraction of sp³-hybridized carbons (Fsp3) is 0.375. The Balaban J connectivity index is 1.13. The molecule has 2 aliphatic rings. The van der Waals surface area contributed by atoms with Crippen molar-refractivity contribution in [3.8, 4) is 0 Å². The Morgan fingerprint density at radius 3 is 1.33 bits per heavy atom. The second kappa shape index (κ2) is 11.6. The summed E-state index contributed by atoms with van der Waals surface area (Å²) in [5.74, 6) is 1.33. The highest BCUT2D eigenvalue weighted by Crippen LogP contribution is 2.25. The summed E-state index contributed by atoms with van der Waals surface area (Å²) in [5, 5.41) is 0. The monoisotopic (exact) mass is 480 g/mol. The minimum atomic E-state index is 0.0457. The molecular weight excluding hydrogens is 444 g/mol. The molecule has 3 aromatic carbocycles. The lowest BCUT2D eigenvalue weighted by Crippen LogP contribution is -2.40. The summed E-state index contributed by atoms with van der Waals surface area (Å²) in [6.45, 7) is 3.12. The first kappa shape index (κ1) is 24.3. The van der Waals surface area contributed by atoms with Gasteiger partial charge >= 0.3 is 0 Å². The summed E-state index contributed by atoms with van der Waals surface area (Å²) >= 11 is 0. The van der Waals surface area contributed by atoms with Crippen LogP contribution in [0.1, 0.15) is 57.5 Å². The van der Waals surface area contributed by atoms with Gasteiger partial charge in [0.15, 0.2) is 0 Å². The number of nitrogens with zero attached hydrogens (tertiary/aromatic N) is 2. The summed E-state index contributed by atoms with van der Waals surface area (Å²) in [5.41, 5.74) is 4.00. The molecule has 2 fully saturated rings. The average Bonchev–Trinajstić information content (AvgIpc) is 2.94. The third kappa shape index (κ3) is 6.04. The molecule has 2 amide bonds. The fourth-order valence-electron chi connectivity index (χ4n) is 5.73. The number of carbonyl (C=O) groups is 2. The highest BCUT2D eigenvalue weighted by Gasteiger charge is 2.26. The molecule has 5 rings (SSSR count). The molecule has 0 radical (unpaired) electrons. The average molecular weight is 481 g/mol. The van der Waals surface area contributed by atoms with E-state index in [1.54, 1.807) is 6.07 Å². The van der Waals surface area contributed by atoms with Gasteiger partial charge in [-0.2, -0.15) is 0 Å². The van der Waals surface area contributed by atoms with Gasteiger partial charge in [-0.25, -0.2) is 0 Å². The summed E-state index contributed by atoms with van der Waals surface area (Å²) in [6.07, 6.45) is 6.26. The quantitative estimate of drug-likeness (QED) is 0.442. The highest BCUT2D eigenvalue weighted by atomic mass is 16.2. The molecule has 4 heteroatoms. The smallest absolute Gasteiger partial charge is 0.253 e. The van der Waals surface area contributed by atoms with E-state index in [1.807, 2.05) is 28.0 Å². The Morgan fingerprint density at radius 1 is 0.556 bits per heavy atom. The van der Waals surface area contributed by atoms with Crippen molar-refractivity contribution in [3.05, 3.63) is 107 Å². The van der Waals surface area contributed by atoms with Crippen LogP contribution < -0.4 is 0 Å². The van der Waals surface area contributed by atoms with Gasteiger partial charge < -0.3 is 9.80 Å². The normalized spacial score (nSPS) is 17.2. The van der Waals surface area contributed by atoms with Crippen molar-refractivity contribution in [1.82, 2.24) is 9.80 Å². The maximum absolute atomic E-state index is 13.2. The summed E-state index contributed by atoms with van der Waals surface area (Å²) in [7, 11) is 0. The lowest BCUT2D eigenvalue weighted by molar-refractivity contribution is 0.0689. The molecule has 0 aliphatic carbocycles. The Hall–Kier alpha value is -3.40. The largest absolute Gasteiger partial charge is 0.339 e. The first-order chi connectivity index (χ1) is 17.7. The zero-order chi connectivity index (χ0) is 24.7. The topological polar surface area (TPSA) is 40.6 Å². The zero-order valence-electron chi connectivity index (χ0n) is 21.0. The summed E-state index contributed by atoms with van der Waals surface area (Å²) in [6, 6.07) is 28.6. The van der Waals surface area contributed by atoms with Gasteiger partial charge in [0, 0.05) is 37.3 Å². The molecule has 36 heavy (non-hydrogen) atoms. The third-order valence-corrected chi connectivity index (χ3v) is 7.89. The molecule has 0 spiro atoms. The van der Waals surface area contributed by atoms with E-state index in [0.717, 1.165) is 64.7 Å². The van der Waals surface area contributed by atoms with Gasteiger partial charge in [-0.15, -0.1) is 0 Å². The maximum Gasteiger partial charge on any atom is 0.253 e. The number of benzene rings is 3. The lowest BCUT2D eigenvalue weighted by Gasteiger charge is -2.33. The van der Waals surface area contributed by atoms with Crippen molar-refractivity contribution in [2.45, 2.75) is 38.5 Å². The van der Waals surface area contributed by atoms with E-state index >= 15 is 0 Å². The molecule has 186 valence electrons. The van der Waals surface area contributed by atoms with Crippen molar-refractivity contribution in [2.24, 2.45) is 11.8 Å². The second-order valence-corrected chi connectivity index (χ2v) is 10.4. The van der Waals surface area contributed by atoms with E-state index in [1.165, 1.54) is 11.1 Å². The molecule has 0 N–H and O–H groups in total. The van der Waals surface area contributed by atoms with Crippen LogP contribution in [0.3, 0.4) is 0 Å². The molecule has 3 aromatic rings. The molecule has 0 saturated carbocycles. The minimum Gasteiger partial charge on any atom is -0.339 e. The molecule has 2 aliphatic heterocycles. The standard InChI is InChI=1S/C32H36N2O2/c35-31(33-18-14-27(15-19-33)22-25-8-3-1-4-9-25)29-12-7-13-30(24-29)32(36)34-20-16-28(17-21-34)23-26-10-5-2-6-11-26/h1-13,24,27-28H,14-23H2. The van der Waals surface area contributed by atoms with Gasteiger partial charge in [0.2, 0.25) is 0 Å². The Labute approximate surface area is 214 Å². The first-order valence-corrected chi connectivity index (χ1v) is 13.4. The Bertz CT molecular complexity index is 1060. The van der Waals surface area contributed by atoms with Crippen LogP contribution in [0.25, 0.3) is 0 Å². The lowest BCUT2D eigenvalue weighted by atomic mass is 9.89. The van der Waals surface area contributed by atoms with Crippen molar-refractivity contribution in [2.75, 3.05) is 26.2 Å². The van der Waals surface area contributed by atoms with Gasteiger partial charge in [0.25, 0.3) is 11.8 Å². The van der Waals surface area contributed by atoms with Crippen LogP contribution in [0.4, 0.5) is 0 Å². The summed E-state index contributed by atoms with van der Waals surface area (Å²) in [4.78, 5) is 30.4. The number of amides is 2. The molecule has 0 unspecified atom stereocenters. The van der Waals surface area contributed by atoms with Gasteiger partial charge in [-0.3, -0.25) is 9.59 Å². The van der Waals surface area contributed by atoms with Gasteiger partial charge in [0.05, 0.1) is 0 Å². The minimum absolute atomic E-state index is 0.0457. The number of carbonyl (C=O) groups excluding carboxylic acids is 2. The Kier molecular flexibility index (Phi) is 7.80. The number of hydrogen-bond acceptors (Lipinski definition) is 2. The Morgan fingerprint density at radius 2 is 0.944 bits per heavy atom. The van der Waals surface area contributed by atoms with Crippen LogP contribution in [0.5, 0.6) is 0 Å². The molecular formula is C32H36N2O2. The first-order valence-electron chi connectivity index (χ1n) is 13.4. The number of piperidine rings is 2. The van der Waals surface area contributed by atoms with Crippen LogP contribution in [-0.2, 0) is 12.8 Å². The van der Waals surface area contributed by atoms with Crippen molar-refractivity contribution in [3.63, 3.8) is 0 Å². The van der Waals surface area contributed by atoms with Crippen molar-refractivity contribution < 1.29 is 9.59 Å². The number of rotatable bonds is 6. The molecule has 2 heterocycles. The van der Waals surface area contributed by atoms with E-state index in [2.05, 4.69) is 60.7 Å². The number of hydrogen-bond donors (Lipinski definition) is 0. The predicted octanol–water partition coefficient (Wildman–Crippen LogP) is 5.88. The molecule has 4 nitrogen and oxygen atoms in total. The predicted molar refractivity (Wildman–Crippen MR) is 144 cm³/mol. The van der Waals surface area contributed by atoms with Crippen LogP contribution in [-0.4, -0.2) is 47.8 Å². The van der Waals surface area contributed by atoms with Crippen molar-refractivity contribution in [1.29, 1.82) is 0 Å². The van der Waals surface area contributed by atoms with E-state index in [4.69, 9.17) is 0 Å². The maximum atomic E-state index is 13.2. The van der Waals surface area contributed by atoms with Crippen LogP contribution in [0, 0.1) is 11.8 Å². The van der Waals surface area contributed by atoms with E-state index in [-0.39, 0.29) is 11.8 Å². The zero-order valence-corrected chi connectivity index (χ0v) is 21.0. The van der Waals surface area contributed by atoms with Gasteiger partial charge in [-0.05, 0) is 79.7 Å². The number of likely N-dealkylation sites (tertiary alicyclic amines) is 2. The summed E-state index contributed by atoms with van der Waals surface area (Å²) < 4.78 is 0. The molecule has 2 saturated heterocycles. The molecule has 0 atom stereocenters.